The largest absolute Gasteiger partial charge is 0.444 e. The number of aromatic nitrogens is 2. The van der Waals surface area contributed by atoms with Crippen molar-refractivity contribution >= 4 is 35.1 Å². The van der Waals surface area contributed by atoms with Gasteiger partial charge in [0.1, 0.15) is 11.4 Å². The molecule has 0 bridgehead atoms. The van der Waals surface area contributed by atoms with E-state index in [1.165, 1.54) is 0 Å². The Balaban J connectivity index is 1.77. The summed E-state index contributed by atoms with van der Waals surface area (Å²) in [6, 6.07) is 7.56. The van der Waals surface area contributed by atoms with Gasteiger partial charge in [-0.1, -0.05) is 35.3 Å². The minimum absolute atomic E-state index is 0.0247. The van der Waals surface area contributed by atoms with Crippen molar-refractivity contribution in [3.8, 4) is 11.3 Å². The third-order valence-corrected chi connectivity index (χ3v) is 5.48. The van der Waals surface area contributed by atoms with Crippen LogP contribution in [0, 0.1) is 0 Å². The van der Waals surface area contributed by atoms with Gasteiger partial charge in [0, 0.05) is 44.4 Å². The van der Waals surface area contributed by atoms with Crippen LogP contribution >= 0.6 is 23.2 Å². The van der Waals surface area contributed by atoms with Gasteiger partial charge < -0.3 is 14.5 Å². The summed E-state index contributed by atoms with van der Waals surface area (Å²) < 4.78 is 7.36. The van der Waals surface area contributed by atoms with Crippen LogP contribution in [0.25, 0.3) is 11.3 Å². The molecule has 0 unspecified atom stereocenters. The van der Waals surface area contributed by atoms with Crippen molar-refractivity contribution in [3.05, 3.63) is 34.3 Å². The minimum Gasteiger partial charge on any atom is -0.444 e. The lowest BCUT2D eigenvalue weighted by atomic mass is 10.1. The summed E-state index contributed by atoms with van der Waals surface area (Å²) in [6.45, 7) is 9.65. The molecule has 1 fully saturated rings. The van der Waals surface area contributed by atoms with Crippen LogP contribution in [0.15, 0.2) is 24.3 Å². The van der Waals surface area contributed by atoms with E-state index >= 15 is 0 Å². The lowest BCUT2D eigenvalue weighted by molar-refractivity contribution is 0.0158. The van der Waals surface area contributed by atoms with Crippen molar-refractivity contribution in [3.63, 3.8) is 0 Å². The second-order valence-electron chi connectivity index (χ2n) is 8.08. The molecule has 1 saturated heterocycles. The Bertz CT molecular complexity index is 876. The van der Waals surface area contributed by atoms with Crippen LogP contribution in [-0.2, 0) is 11.8 Å². The molecule has 1 atom stereocenters. The Morgan fingerprint density at radius 3 is 2.61 bits per heavy atom. The normalized spacial score (nSPS) is 17.8. The number of anilines is 1. The van der Waals surface area contributed by atoms with Crippen LogP contribution in [0.3, 0.4) is 0 Å². The SMILES string of the molecule is C[C@@H]1CN(c2cc(-c3cccc(Cl)c3Cl)nn2C)CCN1C(=O)OC(C)(C)C. The average molecular weight is 425 g/mol. The number of amides is 1. The smallest absolute Gasteiger partial charge is 0.410 e. The van der Waals surface area contributed by atoms with Crippen molar-refractivity contribution in [1.29, 1.82) is 0 Å². The second kappa shape index (κ2) is 7.84. The van der Waals surface area contributed by atoms with Crippen molar-refractivity contribution < 1.29 is 9.53 Å². The van der Waals surface area contributed by atoms with Crippen molar-refractivity contribution in [1.82, 2.24) is 14.7 Å². The Labute approximate surface area is 176 Å². The molecule has 8 heteroatoms. The molecule has 28 heavy (non-hydrogen) atoms. The number of carbonyl (C=O) groups excluding carboxylic acids is 1. The highest BCUT2D eigenvalue weighted by molar-refractivity contribution is 6.43. The number of rotatable bonds is 2. The molecular formula is C20H26Cl2N4O2. The lowest BCUT2D eigenvalue weighted by Gasteiger charge is -2.40. The van der Waals surface area contributed by atoms with Crippen LogP contribution in [0.2, 0.25) is 10.0 Å². The van der Waals surface area contributed by atoms with Gasteiger partial charge in [-0.2, -0.15) is 5.10 Å². The molecule has 2 heterocycles. The fourth-order valence-electron chi connectivity index (χ4n) is 3.34. The highest BCUT2D eigenvalue weighted by Crippen LogP contribution is 2.34. The number of nitrogens with zero attached hydrogens (tertiary/aromatic N) is 4. The molecule has 6 nitrogen and oxygen atoms in total. The molecule has 3 rings (SSSR count). The molecule has 0 saturated carbocycles. The van der Waals surface area contributed by atoms with Gasteiger partial charge in [-0.3, -0.25) is 4.68 Å². The van der Waals surface area contributed by atoms with Crippen molar-refractivity contribution in [2.75, 3.05) is 24.5 Å². The van der Waals surface area contributed by atoms with Gasteiger partial charge in [0.05, 0.1) is 15.7 Å². The van der Waals surface area contributed by atoms with Crippen LogP contribution in [0.1, 0.15) is 27.7 Å². The minimum atomic E-state index is -0.499. The topological polar surface area (TPSA) is 50.6 Å². The van der Waals surface area contributed by atoms with E-state index in [9.17, 15) is 4.79 Å². The van der Waals surface area contributed by atoms with E-state index in [1.807, 2.05) is 57.6 Å². The molecule has 0 radical (unpaired) electrons. The number of halogens is 2. The van der Waals surface area contributed by atoms with E-state index < -0.39 is 5.60 Å². The molecule has 0 N–H and O–H groups in total. The maximum Gasteiger partial charge on any atom is 0.410 e. The first-order valence-electron chi connectivity index (χ1n) is 9.30. The zero-order valence-corrected chi connectivity index (χ0v) is 18.4. The zero-order valence-electron chi connectivity index (χ0n) is 16.9. The Hall–Kier alpha value is -1.92. The Kier molecular flexibility index (Phi) is 5.82. The van der Waals surface area contributed by atoms with E-state index in [0.29, 0.717) is 29.7 Å². The molecule has 1 aromatic carbocycles. The average Bonchev–Trinajstić information content (AvgIpc) is 2.97. The summed E-state index contributed by atoms with van der Waals surface area (Å²) in [5, 5.41) is 5.62. The highest BCUT2D eigenvalue weighted by atomic mass is 35.5. The van der Waals surface area contributed by atoms with E-state index in [2.05, 4.69) is 10.00 Å². The quantitative estimate of drug-likeness (QED) is 0.691. The van der Waals surface area contributed by atoms with Crippen LogP contribution in [-0.4, -0.2) is 52.1 Å². The Morgan fingerprint density at radius 1 is 1.25 bits per heavy atom. The first-order valence-corrected chi connectivity index (χ1v) is 10.1. The third-order valence-electron chi connectivity index (χ3n) is 4.66. The summed E-state index contributed by atoms with van der Waals surface area (Å²) in [4.78, 5) is 16.4. The number of piperazine rings is 1. The maximum absolute atomic E-state index is 12.4. The van der Waals surface area contributed by atoms with Gasteiger partial charge in [-0.25, -0.2) is 4.79 Å². The van der Waals surface area contributed by atoms with Gasteiger partial charge in [0.15, 0.2) is 0 Å². The van der Waals surface area contributed by atoms with Gasteiger partial charge in [-0.05, 0) is 33.8 Å². The number of hydrogen-bond donors (Lipinski definition) is 0. The summed E-state index contributed by atoms with van der Waals surface area (Å²) in [7, 11) is 1.90. The van der Waals surface area contributed by atoms with E-state index in [0.717, 1.165) is 17.1 Å². The molecule has 1 amide bonds. The highest BCUT2D eigenvalue weighted by Gasteiger charge is 2.32. The van der Waals surface area contributed by atoms with Gasteiger partial charge in [0.2, 0.25) is 0 Å². The first kappa shape index (κ1) is 20.8. The fourth-order valence-corrected chi connectivity index (χ4v) is 3.74. The molecule has 0 aliphatic carbocycles. The maximum atomic E-state index is 12.4. The molecule has 1 aliphatic rings. The first-order chi connectivity index (χ1) is 13.1. The number of hydrogen-bond acceptors (Lipinski definition) is 4. The summed E-state index contributed by atoms with van der Waals surface area (Å²) in [5.41, 5.74) is 1.07. The summed E-state index contributed by atoms with van der Waals surface area (Å²) in [6.07, 6.45) is -0.268. The van der Waals surface area contributed by atoms with Crippen LogP contribution in [0.4, 0.5) is 10.6 Å². The monoisotopic (exact) mass is 424 g/mol. The predicted octanol–water partition coefficient (Wildman–Crippen LogP) is 4.84. The van der Waals surface area contributed by atoms with E-state index in [4.69, 9.17) is 27.9 Å². The van der Waals surface area contributed by atoms with Gasteiger partial charge in [-0.15, -0.1) is 0 Å². The zero-order chi connectivity index (χ0) is 20.6. The second-order valence-corrected chi connectivity index (χ2v) is 8.87. The van der Waals surface area contributed by atoms with Crippen LogP contribution in [0.5, 0.6) is 0 Å². The fraction of sp³-hybridized carbons (Fsp3) is 0.500. The molecule has 2 aromatic rings. The summed E-state index contributed by atoms with van der Waals surface area (Å²) >= 11 is 12.5. The number of ether oxygens (including phenoxy) is 1. The standard InChI is InChI=1S/C20H26Cl2N4O2/c1-13-12-25(9-10-26(13)19(27)28-20(2,3)4)17-11-16(23-24(17)5)14-7-6-8-15(21)18(14)22/h6-8,11,13H,9-10,12H2,1-5H3/t13-/m1/s1. The van der Waals surface area contributed by atoms with E-state index in [-0.39, 0.29) is 12.1 Å². The molecular weight excluding hydrogens is 399 g/mol. The molecule has 1 aromatic heterocycles. The number of benzene rings is 1. The lowest BCUT2D eigenvalue weighted by Crippen LogP contribution is -2.55. The summed E-state index contributed by atoms with van der Waals surface area (Å²) in [5.74, 6) is 0.974. The van der Waals surface area contributed by atoms with Crippen molar-refractivity contribution in [2.24, 2.45) is 7.05 Å². The van der Waals surface area contributed by atoms with Gasteiger partial charge >= 0.3 is 6.09 Å². The Morgan fingerprint density at radius 2 is 1.96 bits per heavy atom. The van der Waals surface area contributed by atoms with E-state index in [1.54, 1.807) is 11.0 Å². The number of carbonyl (C=O) groups is 1. The van der Waals surface area contributed by atoms with Crippen LogP contribution < -0.4 is 4.90 Å². The third kappa shape index (κ3) is 4.39. The molecule has 152 valence electrons. The molecule has 0 spiro atoms. The van der Waals surface area contributed by atoms with Crippen molar-refractivity contribution in [2.45, 2.75) is 39.3 Å². The predicted molar refractivity (Wildman–Crippen MR) is 113 cm³/mol. The van der Waals surface area contributed by atoms with Gasteiger partial charge in [0.25, 0.3) is 0 Å². The molecule has 1 aliphatic heterocycles. The number of aryl methyl sites for hydroxylation is 1.